The summed E-state index contributed by atoms with van der Waals surface area (Å²) in [6, 6.07) is 9.14. The zero-order chi connectivity index (χ0) is 13.8. The molecule has 0 unspecified atom stereocenters. The number of aromatic nitrogens is 2. The first kappa shape index (κ1) is 12.6. The minimum absolute atomic E-state index is 0.0514. The van der Waals surface area contributed by atoms with Crippen LogP contribution in [0.3, 0.4) is 0 Å². The average molecular weight is 259 g/mol. The van der Waals surface area contributed by atoms with Crippen LogP contribution in [0.4, 0.5) is 23.1 Å². The van der Waals surface area contributed by atoms with E-state index in [0.717, 1.165) is 10.3 Å². The molecule has 0 spiro atoms. The minimum atomic E-state index is -0.432. The van der Waals surface area contributed by atoms with Crippen molar-refractivity contribution >= 4 is 29.6 Å². The summed E-state index contributed by atoms with van der Waals surface area (Å²) >= 11 is 0. The van der Waals surface area contributed by atoms with Gasteiger partial charge in [0.2, 0.25) is 12.4 Å². The predicted molar refractivity (Wildman–Crippen MR) is 73.3 cm³/mol. The van der Waals surface area contributed by atoms with Crippen LogP contribution in [0, 0.1) is 0 Å². The van der Waals surface area contributed by atoms with Gasteiger partial charge in [-0.15, -0.1) is 0 Å². The SMILES string of the molecule is Cn1c(N)nc(Nc2ccccc2)c(NC=O)c1=O. The lowest BCUT2D eigenvalue weighted by atomic mass is 10.3. The quantitative estimate of drug-likeness (QED) is 0.700. The van der Waals surface area contributed by atoms with Gasteiger partial charge < -0.3 is 16.4 Å². The first-order chi connectivity index (χ1) is 9.13. The number of carbonyl (C=O) groups is 1. The summed E-state index contributed by atoms with van der Waals surface area (Å²) in [6.45, 7) is 0. The highest BCUT2D eigenvalue weighted by Gasteiger charge is 2.13. The maximum absolute atomic E-state index is 12.0. The van der Waals surface area contributed by atoms with E-state index in [1.165, 1.54) is 7.05 Å². The van der Waals surface area contributed by atoms with Gasteiger partial charge in [-0.3, -0.25) is 14.2 Å². The van der Waals surface area contributed by atoms with Crippen molar-refractivity contribution in [2.24, 2.45) is 7.05 Å². The lowest BCUT2D eigenvalue weighted by Crippen LogP contribution is -2.25. The van der Waals surface area contributed by atoms with Crippen molar-refractivity contribution < 1.29 is 4.79 Å². The molecule has 7 nitrogen and oxygen atoms in total. The fourth-order valence-electron chi connectivity index (χ4n) is 1.56. The molecular formula is C12H13N5O2. The number of nitrogens with zero attached hydrogens (tertiary/aromatic N) is 2. The Labute approximate surface area is 109 Å². The summed E-state index contributed by atoms with van der Waals surface area (Å²) in [5, 5.41) is 5.28. The molecule has 0 fully saturated rings. The highest BCUT2D eigenvalue weighted by Crippen LogP contribution is 2.20. The Morgan fingerprint density at radius 3 is 2.63 bits per heavy atom. The van der Waals surface area contributed by atoms with E-state index in [2.05, 4.69) is 15.6 Å². The molecule has 0 aliphatic rings. The highest BCUT2D eigenvalue weighted by atomic mass is 16.1. The number of nitrogens with two attached hydrogens (primary N) is 1. The van der Waals surface area contributed by atoms with E-state index in [-0.39, 0.29) is 17.5 Å². The fourth-order valence-corrected chi connectivity index (χ4v) is 1.56. The van der Waals surface area contributed by atoms with E-state index in [0.29, 0.717) is 6.41 Å². The Morgan fingerprint density at radius 2 is 2.00 bits per heavy atom. The molecule has 0 aliphatic heterocycles. The largest absolute Gasteiger partial charge is 0.369 e. The van der Waals surface area contributed by atoms with E-state index in [1.807, 2.05) is 18.2 Å². The van der Waals surface area contributed by atoms with Crippen molar-refractivity contribution in [2.45, 2.75) is 0 Å². The Kier molecular flexibility index (Phi) is 3.46. The number of para-hydroxylation sites is 1. The van der Waals surface area contributed by atoms with Crippen molar-refractivity contribution in [1.82, 2.24) is 9.55 Å². The number of hydrogen-bond donors (Lipinski definition) is 3. The van der Waals surface area contributed by atoms with E-state index in [9.17, 15) is 9.59 Å². The summed E-state index contributed by atoms with van der Waals surface area (Å²) < 4.78 is 1.15. The molecule has 4 N–H and O–H groups in total. The predicted octanol–water partition coefficient (Wildman–Crippen LogP) is 0.674. The third kappa shape index (κ3) is 2.54. The normalized spacial score (nSPS) is 9.95. The van der Waals surface area contributed by atoms with Gasteiger partial charge in [-0.25, -0.2) is 0 Å². The molecule has 1 aromatic carbocycles. The molecule has 0 aliphatic carbocycles. The Hall–Kier alpha value is -2.83. The molecule has 2 rings (SSSR count). The molecular weight excluding hydrogens is 246 g/mol. The average Bonchev–Trinajstić information content (AvgIpc) is 2.42. The van der Waals surface area contributed by atoms with Crippen molar-refractivity contribution in [3.8, 4) is 0 Å². The maximum atomic E-state index is 12.0. The van der Waals surface area contributed by atoms with Crippen molar-refractivity contribution in [2.75, 3.05) is 16.4 Å². The lowest BCUT2D eigenvalue weighted by Gasteiger charge is -2.12. The van der Waals surface area contributed by atoms with Crippen LogP contribution >= 0.6 is 0 Å². The highest BCUT2D eigenvalue weighted by molar-refractivity contribution is 5.80. The van der Waals surface area contributed by atoms with Crippen LogP contribution in [0.1, 0.15) is 0 Å². The second-order valence-electron chi connectivity index (χ2n) is 3.81. The van der Waals surface area contributed by atoms with Gasteiger partial charge in [0.25, 0.3) is 5.56 Å². The second-order valence-corrected chi connectivity index (χ2v) is 3.81. The van der Waals surface area contributed by atoms with Crippen molar-refractivity contribution in [3.05, 3.63) is 40.7 Å². The third-order valence-corrected chi connectivity index (χ3v) is 2.57. The smallest absolute Gasteiger partial charge is 0.280 e. The molecule has 2 aromatic rings. The first-order valence-electron chi connectivity index (χ1n) is 5.52. The number of hydrogen-bond acceptors (Lipinski definition) is 5. The molecule has 1 aromatic heterocycles. The minimum Gasteiger partial charge on any atom is -0.369 e. The standard InChI is InChI=1S/C12H13N5O2/c1-17-11(19)9(14-7-18)10(16-12(17)13)15-8-5-3-2-4-6-8/h2-7,15H,1H3,(H2,13,16)(H,14,18). The van der Waals surface area contributed by atoms with E-state index < -0.39 is 5.56 Å². The summed E-state index contributed by atoms with van der Waals surface area (Å²) in [6.07, 6.45) is 0.421. The van der Waals surface area contributed by atoms with E-state index in [1.54, 1.807) is 12.1 Å². The number of nitrogen functional groups attached to an aromatic ring is 1. The van der Waals surface area contributed by atoms with Crippen LogP contribution in [0.15, 0.2) is 35.1 Å². The second kappa shape index (κ2) is 5.21. The Morgan fingerprint density at radius 1 is 1.32 bits per heavy atom. The molecule has 0 atom stereocenters. The van der Waals surface area contributed by atoms with Crippen LogP contribution in [-0.4, -0.2) is 16.0 Å². The number of benzene rings is 1. The van der Waals surface area contributed by atoms with Gasteiger partial charge in [-0.2, -0.15) is 4.98 Å². The number of carbonyl (C=O) groups excluding carboxylic acids is 1. The Balaban J connectivity index is 2.50. The summed E-state index contributed by atoms with van der Waals surface area (Å²) in [5.74, 6) is 0.263. The zero-order valence-corrected chi connectivity index (χ0v) is 10.3. The fraction of sp³-hybridized carbons (Fsp3) is 0.0833. The lowest BCUT2D eigenvalue weighted by molar-refractivity contribution is -0.105. The zero-order valence-electron chi connectivity index (χ0n) is 10.3. The molecule has 0 saturated heterocycles. The van der Waals surface area contributed by atoms with Crippen molar-refractivity contribution in [3.63, 3.8) is 0 Å². The number of rotatable bonds is 4. The van der Waals surface area contributed by atoms with Crippen LogP contribution in [0.5, 0.6) is 0 Å². The number of anilines is 4. The van der Waals surface area contributed by atoms with Gasteiger partial charge in [0.15, 0.2) is 11.5 Å². The van der Waals surface area contributed by atoms with Gasteiger partial charge in [0.1, 0.15) is 0 Å². The summed E-state index contributed by atoms with van der Waals surface area (Å²) in [4.78, 5) is 26.6. The van der Waals surface area contributed by atoms with Crippen LogP contribution in [0.25, 0.3) is 0 Å². The Bertz CT molecular complexity index is 651. The first-order valence-corrected chi connectivity index (χ1v) is 5.52. The van der Waals surface area contributed by atoms with Crippen LogP contribution in [-0.2, 0) is 11.8 Å². The molecule has 0 radical (unpaired) electrons. The molecule has 98 valence electrons. The van der Waals surface area contributed by atoms with Crippen LogP contribution < -0.4 is 21.9 Å². The van der Waals surface area contributed by atoms with Gasteiger partial charge in [-0.1, -0.05) is 18.2 Å². The number of amides is 1. The van der Waals surface area contributed by atoms with Gasteiger partial charge in [0.05, 0.1) is 0 Å². The van der Waals surface area contributed by atoms with Gasteiger partial charge in [-0.05, 0) is 12.1 Å². The molecule has 19 heavy (non-hydrogen) atoms. The van der Waals surface area contributed by atoms with Gasteiger partial charge >= 0.3 is 0 Å². The molecule has 1 heterocycles. The molecule has 0 bridgehead atoms. The molecule has 1 amide bonds. The summed E-state index contributed by atoms with van der Waals surface area (Å²) in [5.41, 5.74) is 5.99. The summed E-state index contributed by atoms with van der Waals surface area (Å²) in [7, 11) is 1.48. The monoisotopic (exact) mass is 259 g/mol. The van der Waals surface area contributed by atoms with Crippen molar-refractivity contribution in [1.29, 1.82) is 0 Å². The third-order valence-electron chi connectivity index (χ3n) is 2.57. The molecule has 7 heteroatoms. The topological polar surface area (TPSA) is 102 Å². The van der Waals surface area contributed by atoms with E-state index in [4.69, 9.17) is 5.73 Å². The van der Waals surface area contributed by atoms with E-state index >= 15 is 0 Å². The maximum Gasteiger partial charge on any atom is 0.280 e. The van der Waals surface area contributed by atoms with Gasteiger partial charge in [0, 0.05) is 12.7 Å². The number of nitrogens with one attached hydrogen (secondary N) is 2. The molecule has 0 saturated carbocycles. The van der Waals surface area contributed by atoms with Crippen LogP contribution in [0.2, 0.25) is 0 Å².